The van der Waals surface area contributed by atoms with E-state index < -0.39 is 11.9 Å². The maximum Gasteiger partial charge on any atom is 0.409 e. The van der Waals surface area contributed by atoms with Gasteiger partial charge in [-0.05, 0) is 12.1 Å². The first kappa shape index (κ1) is 13.4. The fraction of sp³-hybridized carbons (Fsp3) is 0. The lowest BCUT2D eigenvalue weighted by Gasteiger charge is -2.10. The standard InChI is InChI=1S/C12H11FN4O3/c13-7-5-6(17-12(18)19)1-2-8(7)20-9-3-4-16-11(15)10(9)14/h1-5,17H,14H2,(H2,15,16)(H,18,19). The zero-order valence-electron chi connectivity index (χ0n) is 10.1. The van der Waals surface area contributed by atoms with Crippen LogP contribution in [-0.4, -0.2) is 16.2 Å². The number of nitrogens with one attached hydrogen (secondary N) is 1. The van der Waals surface area contributed by atoms with Gasteiger partial charge in [-0.25, -0.2) is 14.2 Å². The van der Waals surface area contributed by atoms with Gasteiger partial charge < -0.3 is 21.3 Å². The van der Waals surface area contributed by atoms with Crippen molar-refractivity contribution in [1.29, 1.82) is 0 Å². The molecule has 1 aromatic heterocycles. The maximum atomic E-state index is 13.8. The van der Waals surface area contributed by atoms with Gasteiger partial charge in [-0.3, -0.25) is 5.32 Å². The second-order valence-corrected chi connectivity index (χ2v) is 3.79. The molecule has 0 aliphatic rings. The van der Waals surface area contributed by atoms with Gasteiger partial charge in [-0.15, -0.1) is 0 Å². The summed E-state index contributed by atoms with van der Waals surface area (Å²) in [5.41, 5.74) is 11.3. The summed E-state index contributed by atoms with van der Waals surface area (Å²) in [6.07, 6.45) is 0.0865. The van der Waals surface area contributed by atoms with Crippen molar-refractivity contribution in [2.24, 2.45) is 0 Å². The summed E-state index contributed by atoms with van der Waals surface area (Å²) < 4.78 is 19.1. The Balaban J connectivity index is 2.26. The van der Waals surface area contributed by atoms with E-state index in [1.807, 2.05) is 5.32 Å². The minimum Gasteiger partial charge on any atom is -0.465 e. The third kappa shape index (κ3) is 2.86. The first-order chi connectivity index (χ1) is 9.47. The predicted octanol–water partition coefficient (Wildman–Crippen LogP) is 2.27. The number of anilines is 3. The van der Waals surface area contributed by atoms with Crippen LogP contribution in [0.25, 0.3) is 0 Å². The van der Waals surface area contributed by atoms with E-state index in [1.165, 1.54) is 24.4 Å². The highest BCUT2D eigenvalue weighted by Crippen LogP contribution is 2.32. The third-order valence-corrected chi connectivity index (χ3v) is 2.38. The monoisotopic (exact) mass is 278 g/mol. The minimum absolute atomic E-state index is 0.0760. The highest BCUT2D eigenvalue weighted by atomic mass is 19.1. The first-order valence-electron chi connectivity index (χ1n) is 5.44. The number of amides is 1. The Morgan fingerprint density at radius 1 is 1.30 bits per heavy atom. The summed E-state index contributed by atoms with van der Waals surface area (Å²) in [7, 11) is 0. The lowest BCUT2D eigenvalue weighted by molar-refractivity contribution is 0.209. The molecule has 0 aliphatic heterocycles. The third-order valence-electron chi connectivity index (χ3n) is 2.38. The normalized spacial score (nSPS) is 10.1. The fourth-order valence-electron chi connectivity index (χ4n) is 1.46. The number of rotatable bonds is 3. The summed E-state index contributed by atoms with van der Waals surface area (Å²) in [6.45, 7) is 0. The molecule has 2 rings (SSSR count). The van der Waals surface area contributed by atoms with E-state index in [2.05, 4.69) is 4.98 Å². The SMILES string of the molecule is Nc1nccc(Oc2ccc(NC(=O)O)cc2F)c1N. The molecule has 0 spiro atoms. The van der Waals surface area contributed by atoms with Gasteiger partial charge in [0.05, 0.1) is 0 Å². The average molecular weight is 278 g/mol. The lowest BCUT2D eigenvalue weighted by Crippen LogP contribution is -2.07. The van der Waals surface area contributed by atoms with Crippen LogP contribution < -0.4 is 21.5 Å². The molecule has 0 bridgehead atoms. The zero-order valence-corrected chi connectivity index (χ0v) is 10.1. The van der Waals surface area contributed by atoms with Crippen LogP contribution in [0.1, 0.15) is 0 Å². The van der Waals surface area contributed by atoms with E-state index in [0.29, 0.717) is 0 Å². The van der Waals surface area contributed by atoms with E-state index in [1.54, 1.807) is 0 Å². The molecule has 1 heterocycles. The van der Waals surface area contributed by atoms with Gasteiger partial charge in [0.1, 0.15) is 11.5 Å². The Kier molecular flexibility index (Phi) is 3.56. The molecule has 1 amide bonds. The fourth-order valence-corrected chi connectivity index (χ4v) is 1.46. The molecule has 0 atom stereocenters. The number of pyridine rings is 1. The van der Waals surface area contributed by atoms with Crippen molar-refractivity contribution < 1.29 is 19.0 Å². The Morgan fingerprint density at radius 2 is 2.05 bits per heavy atom. The second kappa shape index (κ2) is 5.31. The highest BCUT2D eigenvalue weighted by molar-refractivity contribution is 5.82. The van der Waals surface area contributed by atoms with Crippen molar-refractivity contribution in [3.8, 4) is 11.5 Å². The van der Waals surface area contributed by atoms with Crippen molar-refractivity contribution in [1.82, 2.24) is 4.98 Å². The van der Waals surface area contributed by atoms with Crippen LogP contribution in [0.3, 0.4) is 0 Å². The smallest absolute Gasteiger partial charge is 0.409 e. The van der Waals surface area contributed by atoms with Crippen molar-refractivity contribution in [3.63, 3.8) is 0 Å². The number of hydrogen-bond donors (Lipinski definition) is 4. The number of nitrogens with two attached hydrogens (primary N) is 2. The second-order valence-electron chi connectivity index (χ2n) is 3.79. The predicted molar refractivity (Wildman–Crippen MR) is 71.2 cm³/mol. The van der Waals surface area contributed by atoms with Gasteiger partial charge in [-0.1, -0.05) is 0 Å². The molecule has 20 heavy (non-hydrogen) atoms. The van der Waals surface area contributed by atoms with E-state index in [4.69, 9.17) is 21.3 Å². The first-order valence-corrected chi connectivity index (χ1v) is 5.44. The van der Waals surface area contributed by atoms with Crippen molar-refractivity contribution in [2.45, 2.75) is 0 Å². The molecular weight excluding hydrogens is 267 g/mol. The van der Waals surface area contributed by atoms with Crippen LogP contribution in [0.15, 0.2) is 30.5 Å². The molecule has 0 radical (unpaired) electrons. The Bertz CT molecular complexity index is 663. The van der Waals surface area contributed by atoms with Gasteiger partial charge in [0.15, 0.2) is 17.3 Å². The van der Waals surface area contributed by atoms with E-state index in [9.17, 15) is 9.18 Å². The number of carboxylic acid groups (broad SMARTS) is 1. The summed E-state index contributed by atoms with van der Waals surface area (Å²) >= 11 is 0. The van der Waals surface area contributed by atoms with Crippen molar-refractivity contribution in [2.75, 3.05) is 16.8 Å². The molecule has 0 saturated heterocycles. The molecule has 6 N–H and O–H groups in total. The number of carbonyl (C=O) groups is 1. The Morgan fingerprint density at radius 3 is 2.70 bits per heavy atom. The molecule has 0 unspecified atom stereocenters. The number of ether oxygens (including phenoxy) is 1. The molecule has 1 aromatic carbocycles. The van der Waals surface area contributed by atoms with Crippen LogP contribution in [0.5, 0.6) is 11.5 Å². The van der Waals surface area contributed by atoms with E-state index >= 15 is 0 Å². The van der Waals surface area contributed by atoms with Gasteiger partial charge >= 0.3 is 6.09 Å². The number of nitrogen functional groups attached to an aromatic ring is 2. The average Bonchev–Trinajstić information content (AvgIpc) is 2.37. The van der Waals surface area contributed by atoms with Gasteiger partial charge in [0.25, 0.3) is 0 Å². The number of hydrogen-bond acceptors (Lipinski definition) is 5. The number of aromatic nitrogens is 1. The van der Waals surface area contributed by atoms with E-state index in [-0.39, 0.29) is 28.7 Å². The molecule has 7 nitrogen and oxygen atoms in total. The highest BCUT2D eigenvalue weighted by Gasteiger charge is 2.10. The molecular formula is C12H11FN4O3. The van der Waals surface area contributed by atoms with Crippen LogP contribution in [0, 0.1) is 5.82 Å². The van der Waals surface area contributed by atoms with Gasteiger partial charge in [0.2, 0.25) is 0 Å². The van der Waals surface area contributed by atoms with Crippen LogP contribution in [0.2, 0.25) is 0 Å². The molecule has 104 valence electrons. The Labute approximate surface area is 113 Å². The van der Waals surface area contributed by atoms with E-state index in [0.717, 1.165) is 6.07 Å². The van der Waals surface area contributed by atoms with Crippen molar-refractivity contribution in [3.05, 3.63) is 36.3 Å². The van der Waals surface area contributed by atoms with Crippen LogP contribution >= 0.6 is 0 Å². The number of halogens is 1. The lowest BCUT2D eigenvalue weighted by atomic mass is 10.3. The van der Waals surface area contributed by atoms with Crippen LogP contribution in [-0.2, 0) is 0 Å². The minimum atomic E-state index is -1.29. The summed E-state index contributed by atoms with van der Waals surface area (Å²) in [5.74, 6) is -0.619. The molecule has 0 fully saturated rings. The van der Waals surface area contributed by atoms with Crippen LogP contribution in [0.4, 0.5) is 26.4 Å². The van der Waals surface area contributed by atoms with Gasteiger partial charge in [-0.2, -0.15) is 0 Å². The topological polar surface area (TPSA) is 123 Å². The maximum absolute atomic E-state index is 13.8. The zero-order chi connectivity index (χ0) is 14.7. The number of benzene rings is 1. The quantitative estimate of drug-likeness (QED) is 0.682. The number of nitrogens with zero attached hydrogens (tertiary/aromatic N) is 1. The Hall–Kier alpha value is -3.03. The molecule has 8 heteroatoms. The summed E-state index contributed by atoms with van der Waals surface area (Å²) in [4.78, 5) is 14.2. The largest absolute Gasteiger partial charge is 0.465 e. The van der Waals surface area contributed by atoms with Gasteiger partial charge in [0, 0.05) is 24.0 Å². The summed E-state index contributed by atoms with van der Waals surface area (Å²) in [5, 5.41) is 10.6. The molecule has 0 aliphatic carbocycles. The molecule has 2 aromatic rings. The van der Waals surface area contributed by atoms with Crippen molar-refractivity contribution >= 4 is 23.3 Å². The summed E-state index contributed by atoms with van der Waals surface area (Å²) in [6, 6.07) is 5.06. The molecule has 0 saturated carbocycles.